The Labute approximate surface area is 169 Å². The number of hydrogen-bond acceptors (Lipinski definition) is 5. The lowest BCUT2D eigenvalue weighted by Gasteiger charge is -2.13. The topological polar surface area (TPSA) is 77.5 Å². The molecule has 3 rings (SSSR count). The third kappa shape index (κ3) is 4.90. The summed E-state index contributed by atoms with van der Waals surface area (Å²) in [6.07, 6.45) is 0.805. The Kier molecular flexibility index (Phi) is 6.44. The Morgan fingerprint density at radius 1 is 1.10 bits per heavy atom. The molecule has 0 aliphatic rings. The van der Waals surface area contributed by atoms with E-state index in [1.54, 1.807) is 13.2 Å². The molecular weight excluding hydrogens is 368 g/mol. The number of esters is 1. The first-order chi connectivity index (χ1) is 14.0. The molecule has 0 saturated carbocycles. The van der Waals surface area contributed by atoms with Crippen molar-refractivity contribution in [3.05, 3.63) is 60.2 Å². The normalized spacial score (nSPS) is 11.7. The monoisotopic (exact) mass is 392 g/mol. The van der Waals surface area contributed by atoms with Crippen molar-refractivity contribution in [2.45, 2.75) is 26.3 Å². The van der Waals surface area contributed by atoms with Crippen LogP contribution >= 0.6 is 0 Å². The highest BCUT2D eigenvalue weighted by molar-refractivity contribution is 6.05. The lowest BCUT2D eigenvalue weighted by atomic mass is 10.0. The number of aromatic nitrogens is 1. The molecule has 1 N–H and O–H groups in total. The van der Waals surface area contributed by atoms with Crippen LogP contribution in [0.25, 0.3) is 22.2 Å². The van der Waals surface area contributed by atoms with Gasteiger partial charge in [-0.25, -0.2) is 9.78 Å². The fraction of sp³-hybridized carbons (Fsp3) is 0.261. The summed E-state index contributed by atoms with van der Waals surface area (Å²) in [5.41, 5.74) is 2.54. The van der Waals surface area contributed by atoms with Gasteiger partial charge in [-0.05, 0) is 49.7 Å². The molecule has 150 valence electrons. The highest BCUT2D eigenvalue weighted by atomic mass is 16.5. The van der Waals surface area contributed by atoms with Crippen molar-refractivity contribution in [2.75, 3.05) is 13.7 Å². The van der Waals surface area contributed by atoms with Gasteiger partial charge in [0.05, 0.1) is 23.9 Å². The molecule has 1 atom stereocenters. The number of methoxy groups -OCH3 is 1. The van der Waals surface area contributed by atoms with E-state index in [1.165, 1.54) is 0 Å². The Morgan fingerprint density at radius 3 is 2.52 bits per heavy atom. The third-order valence-electron chi connectivity index (χ3n) is 4.68. The molecular formula is C23H24N2O4. The number of carbonyl (C=O) groups excluding carboxylic acids is 2. The second-order valence-electron chi connectivity index (χ2n) is 6.75. The minimum atomic E-state index is -0.558. The standard InChI is InChI=1S/C23H24N2O4/c1-4-15(2)24-22(26)14-29-23(27)19-13-21(16-9-11-17(28-3)12-10-16)25-20-8-6-5-7-18(19)20/h5-13,15H,4,14H2,1-3H3,(H,24,26)/t15-/m1/s1. The van der Waals surface area contributed by atoms with Gasteiger partial charge in [0.2, 0.25) is 0 Å². The van der Waals surface area contributed by atoms with Crippen molar-refractivity contribution in [2.24, 2.45) is 0 Å². The predicted octanol–water partition coefficient (Wildman–Crippen LogP) is 3.98. The molecule has 0 spiro atoms. The van der Waals surface area contributed by atoms with Crippen molar-refractivity contribution in [3.8, 4) is 17.0 Å². The van der Waals surface area contributed by atoms with E-state index >= 15 is 0 Å². The molecule has 0 unspecified atom stereocenters. The Morgan fingerprint density at radius 2 is 1.83 bits per heavy atom. The Hall–Kier alpha value is -3.41. The number of benzene rings is 2. The van der Waals surface area contributed by atoms with Gasteiger partial charge < -0.3 is 14.8 Å². The van der Waals surface area contributed by atoms with Gasteiger partial charge in [0.25, 0.3) is 5.91 Å². The number of fused-ring (bicyclic) bond motifs is 1. The van der Waals surface area contributed by atoms with Gasteiger partial charge in [-0.1, -0.05) is 25.1 Å². The number of rotatable bonds is 7. The maximum atomic E-state index is 12.8. The zero-order valence-electron chi connectivity index (χ0n) is 16.8. The number of hydrogen-bond donors (Lipinski definition) is 1. The van der Waals surface area contributed by atoms with Gasteiger partial charge >= 0.3 is 5.97 Å². The second kappa shape index (κ2) is 9.19. The quantitative estimate of drug-likeness (QED) is 0.616. The van der Waals surface area contributed by atoms with Crippen LogP contribution in [-0.2, 0) is 9.53 Å². The molecule has 2 aromatic carbocycles. The molecule has 0 radical (unpaired) electrons. The average molecular weight is 392 g/mol. The van der Waals surface area contributed by atoms with Crippen LogP contribution in [0.15, 0.2) is 54.6 Å². The first-order valence-corrected chi connectivity index (χ1v) is 9.52. The van der Waals surface area contributed by atoms with E-state index < -0.39 is 5.97 Å². The summed E-state index contributed by atoms with van der Waals surface area (Å²) in [4.78, 5) is 29.4. The SMILES string of the molecule is CC[C@@H](C)NC(=O)COC(=O)c1cc(-c2ccc(OC)cc2)nc2ccccc12. The molecule has 6 heteroatoms. The zero-order valence-corrected chi connectivity index (χ0v) is 16.8. The molecule has 1 aromatic heterocycles. The van der Waals surface area contributed by atoms with E-state index in [0.717, 1.165) is 17.7 Å². The number of pyridine rings is 1. The van der Waals surface area contributed by atoms with E-state index in [0.29, 0.717) is 22.2 Å². The van der Waals surface area contributed by atoms with E-state index in [1.807, 2.05) is 62.4 Å². The fourth-order valence-corrected chi connectivity index (χ4v) is 2.88. The maximum Gasteiger partial charge on any atom is 0.339 e. The smallest absolute Gasteiger partial charge is 0.339 e. The van der Waals surface area contributed by atoms with E-state index in [9.17, 15) is 9.59 Å². The van der Waals surface area contributed by atoms with Crippen LogP contribution < -0.4 is 10.1 Å². The van der Waals surface area contributed by atoms with Crippen LogP contribution in [0.4, 0.5) is 0 Å². The number of nitrogens with zero attached hydrogens (tertiary/aromatic N) is 1. The molecule has 6 nitrogen and oxygen atoms in total. The van der Waals surface area contributed by atoms with Gasteiger partial charge in [0, 0.05) is 17.0 Å². The maximum absolute atomic E-state index is 12.8. The van der Waals surface area contributed by atoms with Gasteiger partial charge in [-0.3, -0.25) is 4.79 Å². The Balaban J connectivity index is 1.89. The first kappa shape index (κ1) is 20.3. The van der Waals surface area contributed by atoms with Gasteiger partial charge in [-0.2, -0.15) is 0 Å². The van der Waals surface area contributed by atoms with Crippen molar-refractivity contribution >= 4 is 22.8 Å². The number of ether oxygens (including phenoxy) is 2. The van der Waals surface area contributed by atoms with E-state index in [-0.39, 0.29) is 18.6 Å². The molecule has 1 amide bonds. The Bertz CT molecular complexity index is 1020. The summed E-state index contributed by atoms with van der Waals surface area (Å²) in [6.45, 7) is 3.55. The zero-order chi connectivity index (χ0) is 20.8. The van der Waals surface area contributed by atoms with Gasteiger partial charge in [0.15, 0.2) is 6.61 Å². The minimum absolute atomic E-state index is 0.0321. The van der Waals surface area contributed by atoms with E-state index in [2.05, 4.69) is 10.3 Å². The minimum Gasteiger partial charge on any atom is -0.497 e. The third-order valence-corrected chi connectivity index (χ3v) is 4.68. The molecule has 0 saturated heterocycles. The van der Waals surface area contributed by atoms with Crippen molar-refractivity contribution < 1.29 is 19.1 Å². The van der Waals surface area contributed by atoms with Crippen molar-refractivity contribution in [1.82, 2.24) is 10.3 Å². The highest BCUT2D eigenvalue weighted by Gasteiger charge is 2.17. The highest BCUT2D eigenvalue weighted by Crippen LogP contribution is 2.26. The molecule has 0 aliphatic heterocycles. The molecule has 3 aromatic rings. The average Bonchev–Trinajstić information content (AvgIpc) is 2.76. The predicted molar refractivity (Wildman–Crippen MR) is 112 cm³/mol. The summed E-state index contributed by atoms with van der Waals surface area (Å²) in [5.74, 6) is -0.138. The van der Waals surface area contributed by atoms with Crippen LogP contribution in [0.1, 0.15) is 30.6 Å². The summed E-state index contributed by atoms with van der Waals surface area (Å²) in [6, 6.07) is 16.5. The first-order valence-electron chi connectivity index (χ1n) is 9.52. The van der Waals surface area contributed by atoms with Gasteiger partial charge in [-0.15, -0.1) is 0 Å². The molecule has 29 heavy (non-hydrogen) atoms. The summed E-state index contributed by atoms with van der Waals surface area (Å²) in [7, 11) is 1.61. The largest absolute Gasteiger partial charge is 0.497 e. The fourth-order valence-electron chi connectivity index (χ4n) is 2.88. The number of nitrogens with one attached hydrogen (secondary N) is 1. The lowest BCUT2D eigenvalue weighted by molar-refractivity contribution is -0.124. The van der Waals surface area contributed by atoms with Crippen LogP contribution in [0.2, 0.25) is 0 Å². The van der Waals surface area contributed by atoms with Crippen molar-refractivity contribution in [3.63, 3.8) is 0 Å². The molecule has 1 heterocycles. The number of carbonyl (C=O) groups is 2. The lowest BCUT2D eigenvalue weighted by Crippen LogP contribution is -2.35. The van der Waals surface area contributed by atoms with Crippen molar-refractivity contribution in [1.29, 1.82) is 0 Å². The molecule has 0 bridgehead atoms. The molecule has 0 aliphatic carbocycles. The second-order valence-corrected chi connectivity index (χ2v) is 6.75. The summed E-state index contributed by atoms with van der Waals surface area (Å²) < 4.78 is 10.5. The van der Waals surface area contributed by atoms with Crippen LogP contribution in [0.5, 0.6) is 5.75 Å². The number of amides is 1. The summed E-state index contributed by atoms with van der Waals surface area (Å²) in [5, 5.41) is 3.46. The number of para-hydroxylation sites is 1. The van der Waals surface area contributed by atoms with Crippen LogP contribution in [0.3, 0.4) is 0 Å². The van der Waals surface area contributed by atoms with Crippen LogP contribution in [0, 0.1) is 0 Å². The van der Waals surface area contributed by atoms with E-state index in [4.69, 9.17) is 9.47 Å². The van der Waals surface area contributed by atoms with Gasteiger partial charge in [0.1, 0.15) is 5.75 Å². The summed E-state index contributed by atoms with van der Waals surface area (Å²) >= 11 is 0. The van der Waals surface area contributed by atoms with Crippen LogP contribution in [-0.4, -0.2) is 36.6 Å². The molecule has 0 fully saturated rings.